The van der Waals surface area contributed by atoms with Gasteiger partial charge in [-0.1, -0.05) is 13.8 Å². The molecule has 3 atom stereocenters. The molecule has 3 fully saturated rings. The van der Waals surface area contributed by atoms with E-state index in [1.54, 1.807) is 0 Å². The Hall–Kier alpha value is -2.28. The SMILES string of the molecule is CNC(C)(C)CC(CC(C)C)OC(=O)CC(C(=O)OC1CC(C)(C)N(C)C(C)(C)C1)C(CC(=O)OC1CC(C)(C)N(C)C(C)(C)C1)C(=O)OC1CC(C)(C)N(C)C(C)(C)C1. The van der Waals surface area contributed by atoms with Crippen molar-refractivity contribution >= 4 is 23.9 Å². The number of ether oxygens (including phenoxy) is 4. The standard InChI is InChI=1S/C48H88N4O8/c1-31(2)21-32(24-42(3,4)49-17)57-38(53)22-36(40(55)59-34-27-45(9,10)51(19)46(11,12)28-34)37(41(56)60-35-29-47(13,14)52(20)48(15,16)30-35)23-39(54)58-33-25-43(5,6)50(18)44(7,8)26-33/h31-37,49H,21-30H2,1-20H3. The van der Waals surface area contributed by atoms with E-state index in [-0.39, 0.29) is 44.7 Å². The van der Waals surface area contributed by atoms with Crippen LogP contribution in [0.3, 0.4) is 0 Å². The van der Waals surface area contributed by atoms with Crippen molar-refractivity contribution in [2.24, 2.45) is 17.8 Å². The normalized spacial score (nSPS) is 25.2. The van der Waals surface area contributed by atoms with Crippen molar-refractivity contribution in [1.29, 1.82) is 0 Å². The lowest BCUT2D eigenvalue weighted by atomic mass is 9.78. The van der Waals surface area contributed by atoms with Crippen LogP contribution in [0.2, 0.25) is 0 Å². The molecule has 348 valence electrons. The van der Waals surface area contributed by atoms with Gasteiger partial charge in [0.05, 0.1) is 24.7 Å². The maximum Gasteiger partial charge on any atom is 0.310 e. The molecule has 3 heterocycles. The van der Waals surface area contributed by atoms with E-state index in [9.17, 15) is 19.2 Å². The maximum absolute atomic E-state index is 14.8. The van der Waals surface area contributed by atoms with Crippen molar-refractivity contribution in [3.8, 4) is 0 Å². The highest BCUT2D eigenvalue weighted by Gasteiger charge is 2.50. The highest BCUT2D eigenvalue weighted by atomic mass is 16.6. The first-order chi connectivity index (χ1) is 27.0. The molecule has 3 rings (SSSR count). The third-order valence-electron chi connectivity index (χ3n) is 15.0. The van der Waals surface area contributed by atoms with Gasteiger partial charge in [-0.05, 0) is 137 Å². The largest absolute Gasteiger partial charge is 0.462 e. The molecule has 3 unspecified atom stereocenters. The van der Waals surface area contributed by atoms with Crippen LogP contribution in [-0.4, -0.2) is 130 Å². The zero-order valence-corrected chi connectivity index (χ0v) is 41.7. The molecule has 0 amide bonds. The smallest absolute Gasteiger partial charge is 0.310 e. The number of carbonyl (C=O) groups is 4. The second-order valence-electron chi connectivity index (χ2n) is 23.7. The molecule has 0 aromatic rings. The maximum atomic E-state index is 14.8. The average molecular weight is 849 g/mol. The molecule has 60 heavy (non-hydrogen) atoms. The summed E-state index contributed by atoms with van der Waals surface area (Å²) < 4.78 is 25.2. The number of nitrogens with zero attached hydrogens (tertiary/aromatic N) is 3. The number of piperidine rings is 3. The van der Waals surface area contributed by atoms with Crippen LogP contribution in [0.5, 0.6) is 0 Å². The van der Waals surface area contributed by atoms with Crippen molar-refractivity contribution in [2.45, 2.75) is 238 Å². The lowest BCUT2D eigenvalue weighted by Crippen LogP contribution is -2.61. The number of rotatable bonds is 16. The summed E-state index contributed by atoms with van der Waals surface area (Å²) in [5.74, 6) is -5.09. The highest BCUT2D eigenvalue weighted by Crippen LogP contribution is 2.42. The third kappa shape index (κ3) is 13.4. The number of hydrogen-bond acceptors (Lipinski definition) is 12. The van der Waals surface area contributed by atoms with Gasteiger partial charge >= 0.3 is 23.9 Å². The van der Waals surface area contributed by atoms with Crippen molar-refractivity contribution in [1.82, 2.24) is 20.0 Å². The Morgan fingerprint density at radius 3 is 1.17 bits per heavy atom. The first-order valence-corrected chi connectivity index (χ1v) is 22.7. The minimum absolute atomic E-state index is 0.238. The topological polar surface area (TPSA) is 127 Å². The summed E-state index contributed by atoms with van der Waals surface area (Å²) in [6.45, 7) is 33.8. The van der Waals surface area contributed by atoms with E-state index in [2.05, 4.69) is 152 Å². The Kier molecular flexibility index (Phi) is 16.3. The van der Waals surface area contributed by atoms with Crippen LogP contribution in [0, 0.1) is 17.8 Å². The molecular weight excluding hydrogens is 761 g/mol. The summed E-state index contributed by atoms with van der Waals surface area (Å²) in [4.78, 5) is 65.0. The molecule has 0 aromatic heterocycles. The summed E-state index contributed by atoms with van der Waals surface area (Å²) in [6.07, 6.45) is 1.92. The first-order valence-electron chi connectivity index (χ1n) is 22.7. The summed E-state index contributed by atoms with van der Waals surface area (Å²) in [5.41, 5.74) is -2.01. The van der Waals surface area contributed by atoms with E-state index in [4.69, 9.17) is 18.9 Å². The van der Waals surface area contributed by atoms with Gasteiger partial charge in [-0.2, -0.15) is 0 Å². The lowest BCUT2D eigenvalue weighted by molar-refractivity contribution is -0.182. The minimum atomic E-state index is -1.35. The van der Waals surface area contributed by atoms with E-state index in [1.807, 2.05) is 7.05 Å². The predicted molar refractivity (Wildman–Crippen MR) is 238 cm³/mol. The van der Waals surface area contributed by atoms with E-state index in [0.717, 1.165) is 0 Å². The van der Waals surface area contributed by atoms with Gasteiger partial charge in [-0.3, -0.25) is 33.9 Å². The molecular formula is C48H88N4O8. The van der Waals surface area contributed by atoms with Crippen LogP contribution in [0.15, 0.2) is 0 Å². The average Bonchev–Trinajstić information content (AvgIpc) is 3.05. The molecule has 12 heteroatoms. The zero-order chi connectivity index (χ0) is 46.2. The number of carbonyl (C=O) groups excluding carboxylic acids is 4. The van der Waals surface area contributed by atoms with Gasteiger partial charge in [0.1, 0.15) is 24.4 Å². The van der Waals surface area contributed by atoms with Gasteiger partial charge in [-0.15, -0.1) is 0 Å². The summed E-state index contributed by atoms with van der Waals surface area (Å²) in [5, 5.41) is 3.31. The van der Waals surface area contributed by atoms with Gasteiger partial charge < -0.3 is 24.3 Å². The summed E-state index contributed by atoms with van der Waals surface area (Å²) in [6, 6.07) is 0. The van der Waals surface area contributed by atoms with E-state index < -0.39 is 73.0 Å². The Balaban J connectivity index is 2.08. The Morgan fingerprint density at radius 1 is 0.567 bits per heavy atom. The quantitative estimate of drug-likeness (QED) is 0.120. The first kappa shape index (κ1) is 52.1. The fourth-order valence-electron chi connectivity index (χ4n) is 10.6. The number of hydrogen-bond donors (Lipinski definition) is 1. The number of esters is 4. The third-order valence-corrected chi connectivity index (χ3v) is 15.0. The Bertz CT molecular complexity index is 1380. The van der Waals surface area contributed by atoms with E-state index in [1.165, 1.54) is 0 Å². The predicted octanol–water partition coefficient (Wildman–Crippen LogP) is 7.93. The van der Waals surface area contributed by atoms with Crippen LogP contribution in [0.1, 0.15) is 175 Å². The van der Waals surface area contributed by atoms with Gasteiger partial charge in [0, 0.05) is 83.7 Å². The van der Waals surface area contributed by atoms with Crippen LogP contribution >= 0.6 is 0 Å². The summed E-state index contributed by atoms with van der Waals surface area (Å²) >= 11 is 0. The van der Waals surface area contributed by atoms with Crippen molar-refractivity contribution in [3.05, 3.63) is 0 Å². The molecule has 0 bridgehead atoms. The van der Waals surface area contributed by atoms with Gasteiger partial charge in [0.25, 0.3) is 0 Å². The number of nitrogens with one attached hydrogen (secondary N) is 1. The Morgan fingerprint density at radius 2 is 0.867 bits per heavy atom. The molecule has 1 N–H and O–H groups in total. The second-order valence-corrected chi connectivity index (χ2v) is 23.7. The molecule has 0 aliphatic carbocycles. The molecule has 3 saturated heterocycles. The minimum Gasteiger partial charge on any atom is -0.462 e. The van der Waals surface area contributed by atoms with Crippen molar-refractivity contribution in [3.63, 3.8) is 0 Å². The van der Waals surface area contributed by atoms with Crippen LogP contribution < -0.4 is 5.32 Å². The molecule has 0 aromatic carbocycles. The molecule has 0 spiro atoms. The van der Waals surface area contributed by atoms with Gasteiger partial charge in [0.2, 0.25) is 0 Å². The van der Waals surface area contributed by atoms with Gasteiger partial charge in [0.15, 0.2) is 0 Å². The summed E-state index contributed by atoms with van der Waals surface area (Å²) in [7, 11) is 8.12. The molecule has 3 aliphatic heterocycles. The molecule has 3 aliphatic rings. The highest BCUT2D eigenvalue weighted by molar-refractivity contribution is 5.88. The fourth-order valence-corrected chi connectivity index (χ4v) is 10.6. The molecule has 12 nitrogen and oxygen atoms in total. The molecule has 0 saturated carbocycles. The van der Waals surface area contributed by atoms with Crippen LogP contribution in [0.25, 0.3) is 0 Å². The fraction of sp³-hybridized carbons (Fsp3) is 0.917. The van der Waals surface area contributed by atoms with Crippen LogP contribution in [0.4, 0.5) is 0 Å². The monoisotopic (exact) mass is 849 g/mol. The van der Waals surface area contributed by atoms with Gasteiger partial charge in [-0.25, -0.2) is 0 Å². The van der Waals surface area contributed by atoms with E-state index in [0.29, 0.717) is 51.4 Å². The Labute approximate surface area is 365 Å². The lowest BCUT2D eigenvalue weighted by Gasteiger charge is -2.53. The zero-order valence-electron chi connectivity index (χ0n) is 41.7. The van der Waals surface area contributed by atoms with E-state index >= 15 is 0 Å². The van der Waals surface area contributed by atoms with Crippen molar-refractivity contribution in [2.75, 3.05) is 28.2 Å². The van der Waals surface area contributed by atoms with Crippen molar-refractivity contribution < 1.29 is 38.1 Å². The molecule has 0 radical (unpaired) electrons. The van der Waals surface area contributed by atoms with Crippen LogP contribution in [-0.2, 0) is 38.1 Å². The number of likely N-dealkylation sites (tertiary alicyclic amines) is 3. The second kappa shape index (κ2) is 18.8.